The third-order valence-electron chi connectivity index (χ3n) is 9.95. The molecule has 53 heavy (non-hydrogen) atoms. The van der Waals surface area contributed by atoms with Crippen molar-refractivity contribution < 1.29 is 4.42 Å². The fourth-order valence-electron chi connectivity index (χ4n) is 7.20. The van der Waals surface area contributed by atoms with Crippen LogP contribution in [0, 0.1) is 0 Å². The molecule has 0 fully saturated rings. The maximum atomic E-state index is 6.36. The molecule has 8 aromatic carbocycles. The monoisotopic (exact) mass is 677 g/mol. The minimum absolute atomic E-state index is 0.620. The second-order valence-electron chi connectivity index (χ2n) is 13.2. The molecule has 0 saturated heterocycles. The van der Waals surface area contributed by atoms with Gasteiger partial charge in [-0.3, -0.25) is 0 Å². The molecular weight excluding hydrogens is 647 g/mol. The predicted octanol–water partition coefficient (Wildman–Crippen LogP) is 12.9. The van der Waals surface area contributed by atoms with Gasteiger partial charge in [0.1, 0.15) is 11.2 Å². The Labute approximate surface area is 306 Å². The second-order valence-corrected chi connectivity index (χ2v) is 13.2. The van der Waals surface area contributed by atoms with Crippen LogP contribution in [0.5, 0.6) is 0 Å². The highest BCUT2D eigenvalue weighted by atomic mass is 16.3. The topological polar surface area (TPSA) is 51.8 Å². The van der Waals surface area contributed by atoms with Crippen LogP contribution in [-0.4, -0.2) is 15.0 Å². The standard InChI is InChI=1S/C49H31N3O/c1-3-10-32(11-4-1)34-18-24-37(25-19-34)47-50-48(38-26-20-35(21-27-38)33-12-5-2-6-13-33)52-49(51-47)39-28-22-36(23-29-39)42-16-9-17-44-46(42)43-30-40-14-7-8-15-41(40)31-45(43)53-44/h1-31H. The molecule has 0 spiro atoms. The number of furan rings is 1. The maximum absolute atomic E-state index is 6.36. The summed E-state index contributed by atoms with van der Waals surface area (Å²) in [5.74, 6) is 1.87. The van der Waals surface area contributed by atoms with Crippen LogP contribution < -0.4 is 0 Å². The largest absolute Gasteiger partial charge is 0.456 e. The number of aromatic nitrogens is 3. The number of hydrogen-bond acceptors (Lipinski definition) is 4. The van der Waals surface area contributed by atoms with Crippen LogP contribution in [0.3, 0.4) is 0 Å². The first kappa shape index (κ1) is 30.6. The number of benzene rings is 8. The molecule has 4 heteroatoms. The Balaban J connectivity index is 1.06. The molecule has 2 aromatic heterocycles. The minimum atomic E-state index is 0.620. The van der Waals surface area contributed by atoms with Gasteiger partial charge >= 0.3 is 0 Å². The van der Waals surface area contributed by atoms with E-state index in [-0.39, 0.29) is 0 Å². The summed E-state index contributed by atoms with van der Waals surface area (Å²) in [5, 5.41) is 4.59. The summed E-state index contributed by atoms with van der Waals surface area (Å²) in [6.07, 6.45) is 0. The fourth-order valence-corrected chi connectivity index (χ4v) is 7.20. The first-order chi connectivity index (χ1) is 26.2. The Bertz CT molecular complexity index is 2800. The Kier molecular flexibility index (Phi) is 7.43. The van der Waals surface area contributed by atoms with Gasteiger partial charge in [0.15, 0.2) is 17.5 Å². The zero-order valence-electron chi connectivity index (χ0n) is 28.6. The summed E-state index contributed by atoms with van der Waals surface area (Å²) in [6, 6.07) is 65.2. The average molecular weight is 678 g/mol. The van der Waals surface area contributed by atoms with Crippen molar-refractivity contribution in [2.75, 3.05) is 0 Å². The van der Waals surface area contributed by atoms with Crippen LogP contribution in [0.4, 0.5) is 0 Å². The van der Waals surface area contributed by atoms with E-state index < -0.39 is 0 Å². The maximum Gasteiger partial charge on any atom is 0.164 e. The molecule has 0 N–H and O–H groups in total. The quantitative estimate of drug-likeness (QED) is 0.176. The van der Waals surface area contributed by atoms with E-state index in [0.717, 1.165) is 60.9 Å². The van der Waals surface area contributed by atoms with Crippen molar-refractivity contribution >= 4 is 32.7 Å². The first-order valence-electron chi connectivity index (χ1n) is 17.8. The molecule has 10 aromatic rings. The van der Waals surface area contributed by atoms with Gasteiger partial charge in [-0.2, -0.15) is 0 Å². The molecule has 248 valence electrons. The van der Waals surface area contributed by atoms with E-state index in [4.69, 9.17) is 19.4 Å². The lowest BCUT2D eigenvalue weighted by Crippen LogP contribution is -2.00. The van der Waals surface area contributed by atoms with E-state index in [0.29, 0.717) is 17.5 Å². The van der Waals surface area contributed by atoms with E-state index >= 15 is 0 Å². The highest BCUT2D eigenvalue weighted by Crippen LogP contribution is 2.39. The summed E-state index contributed by atoms with van der Waals surface area (Å²) >= 11 is 0. The molecule has 0 bridgehead atoms. The zero-order chi connectivity index (χ0) is 35.1. The lowest BCUT2D eigenvalue weighted by Gasteiger charge is -2.10. The smallest absolute Gasteiger partial charge is 0.164 e. The predicted molar refractivity (Wildman–Crippen MR) is 217 cm³/mol. The summed E-state index contributed by atoms with van der Waals surface area (Å²) < 4.78 is 6.36. The lowest BCUT2D eigenvalue weighted by atomic mass is 9.97. The Hall–Kier alpha value is -7.17. The van der Waals surface area contributed by atoms with Crippen LogP contribution in [0.15, 0.2) is 192 Å². The molecule has 10 rings (SSSR count). The molecule has 0 aliphatic heterocycles. The van der Waals surface area contributed by atoms with Gasteiger partial charge in [0, 0.05) is 27.5 Å². The van der Waals surface area contributed by atoms with E-state index in [2.05, 4.69) is 170 Å². The van der Waals surface area contributed by atoms with Gasteiger partial charge in [-0.25, -0.2) is 15.0 Å². The molecule has 0 aliphatic carbocycles. The second kappa shape index (κ2) is 12.9. The Morgan fingerprint density at radius 3 is 1.23 bits per heavy atom. The number of fused-ring (bicyclic) bond motifs is 4. The fraction of sp³-hybridized carbons (Fsp3) is 0. The summed E-state index contributed by atoms with van der Waals surface area (Å²) in [6.45, 7) is 0. The van der Waals surface area contributed by atoms with Crippen molar-refractivity contribution in [3.63, 3.8) is 0 Å². The van der Waals surface area contributed by atoms with E-state index in [9.17, 15) is 0 Å². The molecule has 0 unspecified atom stereocenters. The van der Waals surface area contributed by atoms with Gasteiger partial charge in [0.2, 0.25) is 0 Å². The number of rotatable bonds is 6. The van der Waals surface area contributed by atoms with Crippen molar-refractivity contribution in [2.24, 2.45) is 0 Å². The summed E-state index contributed by atoms with van der Waals surface area (Å²) in [7, 11) is 0. The van der Waals surface area contributed by atoms with Gasteiger partial charge in [-0.05, 0) is 62.4 Å². The normalized spacial score (nSPS) is 11.4. The molecule has 0 atom stereocenters. The third-order valence-corrected chi connectivity index (χ3v) is 9.95. The van der Waals surface area contributed by atoms with Gasteiger partial charge in [0.05, 0.1) is 0 Å². The van der Waals surface area contributed by atoms with Gasteiger partial charge < -0.3 is 4.42 Å². The van der Waals surface area contributed by atoms with Crippen molar-refractivity contribution in [2.45, 2.75) is 0 Å². The van der Waals surface area contributed by atoms with Crippen LogP contribution in [0.25, 0.3) is 100 Å². The van der Waals surface area contributed by atoms with Crippen LogP contribution in [0.1, 0.15) is 0 Å². The molecule has 0 radical (unpaired) electrons. The number of hydrogen-bond donors (Lipinski definition) is 0. The number of nitrogens with zero attached hydrogens (tertiary/aromatic N) is 3. The summed E-state index contributed by atoms with van der Waals surface area (Å²) in [5.41, 5.74) is 11.4. The molecule has 0 saturated carbocycles. The van der Waals surface area contributed by atoms with E-state index in [1.807, 2.05) is 18.2 Å². The van der Waals surface area contributed by atoms with Gasteiger partial charge in [0.25, 0.3) is 0 Å². The third kappa shape index (κ3) is 5.73. The average Bonchev–Trinajstić information content (AvgIpc) is 3.61. The van der Waals surface area contributed by atoms with Crippen LogP contribution >= 0.6 is 0 Å². The van der Waals surface area contributed by atoms with Crippen molar-refractivity contribution in [3.05, 3.63) is 188 Å². The first-order valence-corrected chi connectivity index (χ1v) is 17.8. The molecule has 0 amide bonds. The van der Waals surface area contributed by atoms with Gasteiger partial charge in [-0.15, -0.1) is 0 Å². The van der Waals surface area contributed by atoms with Crippen LogP contribution in [0.2, 0.25) is 0 Å². The summed E-state index contributed by atoms with van der Waals surface area (Å²) in [4.78, 5) is 15.1. The van der Waals surface area contributed by atoms with Crippen molar-refractivity contribution in [3.8, 4) is 67.5 Å². The van der Waals surface area contributed by atoms with Crippen LogP contribution in [-0.2, 0) is 0 Å². The SMILES string of the molecule is c1ccc(-c2ccc(-c3nc(-c4ccc(-c5ccccc5)cc4)nc(-c4ccc(-c5cccc6oc7cc8ccccc8cc7c56)cc4)n3)cc2)cc1. The molecule has 2 heterocycles. The van der Waals surface area contributed by atoms with Gasteiger partial charge in [-0.1, -0.05) is 170 Å². The molecular formula is C49H31N3O. The Morgan fingerprint density at radius 1 is 0.302 bits per heavy atom. The molecule has 4 nitrogen and oxygen atoms in total. The van der Waals surface area contributed by atoms with Crippen molar-refractivity contribution in [1.29, 1.82) is 0 Å². The minimum Gasteiger partial charge on any atom is -0.456 e. The highest BCUT2D eigenvalue weighted by molar-refractivity contribution is 6.15. The van der Waals surface area contributed by atoms with E-state index in [1.54, 1.807) is 0 Å². The molecule has 0 aliphatic rings. The van der Waals surface area contributed by atoms with Crippen molar-refractivity contribution in [1.82, 2.24) is 15.0 Å². The Morgan fingerprint density at radius 2 is 0.717 bits per heavy atom. The highest BCUT2D eigenvalue weighted by Gasteiger charge is 2.16. The lowest BCUT2D eigenvalue weighted by molar-refractivity contribution is 0.669. The van der Waals surface area contributed by atoms with E-state index in [1.165, 1.54) is 21.9 Å². The zero-order valence-corrected chi connectivity index (χ0v) is 28.6.